The van der Waals surface area contributed by atoms with E-state index >= 15 is 0 Å². The first-order chi connectivity index (χ1) is 10.6. The molecule has 1 saturated carbocycles. The monoisotopic (exact) mass is 320 g/mol. The predicted molar refractivity (Wildman–Crippen MR) is 83.4 cm³/mol. The number of thiazole rings is 1. The molecule has 1 aromatic carbocycles. The molecule has 0 radical (unpaired) electrons. The van der Waals surface area contributed by atoms with Crippen molar-refractivity contribution < 1.29 is 14.3 Å². The molecule has 0 bridgehead atoms. The second-order valence-electron chi connectivity index (χ2n) is 5.39. The third kappa shape index (κ3) is 3.03. The highest BCUT2D eigenvalue weighted by Crippen LogP contribution is 2.32. The van der Waals surface area contributed by atoms with Crippen molar-refractivity contribution in [2.75, 3.05) is 13.2 Å². The van der Waals surface area contributed by atoms with Crippen LogP contribution in [0.2, 0.25) is 0 Å². The number of hydrogen-bond acceptors (Lipinski definition) is 4. The number of amides is 1. The summed E-state index contributed by atoms with van der Waals surface area (Å²) in [6.07, 6.45) is 1.99. The first-order valence-electron chi connectivity index (χ1n) is 7.25. The Morgan fingerprint density at radius 3 is 2.68 bits per heavy atom. The summed E-state index contributed by atoms with van der Waals surface area (Å²) in [6, 6.07) is 6.34. The molecule has 22 heavy (non-hydrogen) atoms. The van der Waals surface area contributed by atoms with Crippen LogP contribution in [0.4, 0.5) is 4.39 Å². The lowest BCUT2D eigenvalue weighted by molar-refractivity contribution is 0.0711. The van der Waals surface area contributed by atoms with E-state index in [4.69, 9.17) is 5.11 Å². The molecule has 1 N–H and O–H groups in total. The molecule has 1 amide bonds. The molecule has 2 aromatic rings. The molecule has 0 spiro atoms. The minimum absolute atomic E-state index is 0.0368. The van der Waals surface area contributed by atoms with Crippen LogP contribution in [0, 0.1) is 12.7 Å². The smallest absolute Gasteiger partial charge is 0.266 e. The van der Waals surface area contributed by atoms with E-state index in [1.54, 1.807) is 24.0 Å². The van der Waals surface area contributed by atoms with Crippen LogP contribution in [-0.4, -0.2) is 40.1 Å². The van der Waals surface area contributed by atoms with E-state index < -0.39 is 0 Å². The molecule has 1 aromatic heterocycles. The molecular weight excluding hydrogens is 303 g/mol. The summed E-state index contributed by atoms with van der Waals surface area (Å²) in [6.45, 7) is 2.12. The minimum atomic E-state index is -0.295. The van der Waals surface area contributed by atoms with E-state index in [1.807, 2.05) is 0 Å². The van der Waals surface area contributed by atoms with E-state index in [9.17, 15) is 9.18 Å². The highest BCUT2D eigenvalue weighted by atomic mass is 32.1. The zero-order valence-corrected chi connectivity index (χ0v) is 13.1. The number of hydrogen-bond donors (Lipinski definition) is 1. The predicted octanol–water partition coefficient (Wildman–Crippen LogP) is 2.85. The summed E-state index contributed by atoms with van der Waals surface area (Å²) in [5, 5.41) is 9.85. The van der Waals surface area contributed by atoms with Gasteiger partial charge in [0.25, 0.3) is 5.91 Å². The van der Waals surface area contributed by atoms with Crippen LogP contribution in [0.5, 0.6) is 0 Å². The maximum absolute atomic E-state index is 13.0. The maximum atomic E-state index is 13.0. The number of aliphatic hydroxyl groups excluding tert-OH is 1. The van der Waals surface area contributed by atoms with Gasteiger partial charge in [-0.05, 0) is 44.0 Å². The van der Waals surface area contributed by atoms with Crippen molar-refractivity contribution in [2.45, 2.75) is 25.8 Å². The molecule has 1 aliphatic carbocycles. The number of aromatic nitrogens is 1. The number of benzene rings is 1. The largest absolute Gasteiger partial charge is 0.395 e. The van der Waals surface area contributed by atoms with Crippen molar-refractivity contribution in [1.29, 1.82) is 0 Å². The van der Waals surface area contributed by atoms with Gasteiger partial charge in [-0.15, -0.1) is 11.3 Å². The van der Waals surface area contributed by atoms with Gasteiger partial charge in [0, 0.05) is 18.2 Å². The Morgan fingerprint density at radius 1 is 1.41 bits per heavy atom. The van der Waals surface area contributed by atoms with Gasteiger partial charge in [-0.2, -0.15) is 0 Å². The third-order valence-corrected chi connectivity index (χ3v) is 4.87. The number of nitrogens with zero attached hydrogens (tertiary/aromatic N) is 2. The Morgan fingerprint density at radius 2 is 2.09 bits per heavy atom. The van der Waals surface area contributed by atoms with Crippen LogP contribution >= 0.6 is 11.3 Å². The van der Waals surface area contributed by atoms with Crippen LogP contribution in [0.25, 0.3) is 10.6 Å². The Kier molecular flexibility index (Phi) is 4.22. The average Bonchev–Trinajstić information content (AvgIpc) is 3.27. The normalized spacial score (nSPS) is 14.1. The molecule has 1 aliphatic rings. The van der Waals surface area contributed by atoms with Crippen molar-refractivity contribution in [2.24, 2.45) is 0 Å². The van der Waals surface area contributed by atoms with Gasteiger partial charge >= 0.3 is 0 Å². The molecular formula is C16H17FN2O2S. The van der Waals surface area contributed by atoms with E-state index in [-0.39, 0.29) is 24.4 Å². The number of carbonyl (C=O) groups is 1. The van der Waals surface area contributed by atoms with E-state index in [2.05, 4.69) is 4.98 Å². The van der Waals surface area contributed by atoms with Crippen LogP contribution in [0.1, 0.15) is 28.2 Å². The van der Waals surface area contributed by atoms with Gasteiger partial charge in [-0.25, -0.2) is 9.37 Å². The zero-order chi connectivity index (χ0) is 15.7. The third-order valence-electron chi connectivity index (χ3n) is 3.67. The van der Waals surface area contributed by atoms with Crippen molar-refractivity contribution >= 4 is 17.2 Å². The number of rotatable bonds is 5. The molecule has 4 nitrogen and oxygen atoms in total. The van der Waals surface area contributed by atoms with Gasteiger partial charge in [-0.1, -0.05) is 0 Å². The summed E-state index contributed by atoms with van der Waals surface area (Å²) >= 11 is 1.32. The summed E-state index contributed by atoms with van der Waals surface area (Å²) in [4.78, 5) is 19.4. The van der Waals surface area contributed by atoms with Gasteiger partial charge in [0.15, 0.2) is 0 Å². The number of carbonyl (C=O) groups excluding carboxylic acids is 1. The summed E-state index contributed by atoms with van der Waals surface area (Å²) in [5.41, 5.74) is 1.48. The average molecular weight is 320 g/mol. The molecule has 0 aliphatic heterocycles. The van der Waals surface area contributed by atoms with Gasteiger partial charge < -0.3 is 10.0 Å². The Labute approximate surface area is 132 Å². The molecule has 0 saturated heterocycles. The fourth-order valence-electron chi connectivity index (χ4n) is 2.39. The SMILES string of the molecule is Cc1nc(-c2ccc(F)cc2)sc1C(=O)N(CCO)C1CC1. The molecule has 0 unspecified atom stereocenters. The van der Waals surface area contributed by atoms with Crippen molar-refractivity contribution in [1.82, 2.24) is 9.88 Å². The van der Waals surface area contributed by atoms with Crippen molar-refractivity contribution in [3.05, 3.63) is 40.7 Å². The van der Waals surface area contributed by atoms with Crippen molar-refractivity contribution in [3.63, 3.8) is 0 Å². The van der Waals surface area contributed by atoms with E-state index in [0.29, 0.717) is 22.1 Å². The van der Waals surface area contributed by atoms with Gasteiger partial charge in [0.2, 0.25) is 0 Å². The van der Waals surface area contributed by atoms with Crippen molar-refractivity contribution in [3.8, 4) is 10.6 Å². The van der Waals surface area contributed by atoms with E-state index in [0.717, 1.165) is 18.4 Å². The summed E-state index contributed by atoms with van der Waals surface area (Å²) in [5.74, 6) is -0.365. The highest BCUT2D eigenvalue weighted by Gasteiger charge is 2.34. The molecule has 116 valence electrons. The second-order valence-corrected chi connectivity index (χ2v) is 6.39. The highest BCUT2D eigenvalue weighted by molar-refractivity contribution is 7.17. The minimum Gasteiger partial charge on any atom is -0.395 e. The van der Waals surface area contributed by atoms with Gasteiger partial charge in [0.1, 0.15) is 15.7 Å². The summed E-state index contributed by atoms with van der Waals surface area (Å²) in [7, 11) is 0. The lowest BCUT2D eigenvalue weighted by Crippen LogP contribution is -2.35. The number of halogens is 1. The standard InChI is InChI=1S/C16H17FN2O2S/c1-10-14(16(21)19(8-9-20)13-6-7-13)22-15(18-10)11-2-4-12(17)5-3-11/h2-5,13,20H,6-9H2,1H3. The lowest BCUT2D eigenvalue weighted by atomic mass is 10.2. The van der Waals surface area contributed by atoms with Crippen LogP contribution in [0.15, 0.2) is 24.3 Å². The fourth-order valence-corrected chi connectivity index (χ4v) is 3.41. The molecule has 6 heteroatoms. The van der Waals surface area contributed by atoms with Crippen LogP contribution in [-0.2, 0) is 0 Å². The Hall–Kier alpha value is -1.79. The van der Waals surface area contributed by atoms with E-state index in [1.165, 1.54) is 23.5 Å². The van der Waals surface area contributed by atoms with Crippen LogP contribution in [0.3, 0.4) is 0 Å². The Bertz CT molecular complexity index is 680. The van der Waals surface area contributed by atoms with Gasteiger partial charge in [-0.3, -0.25) is 4.79 Å². The first kappa shape index (κ1) is 15.1. The molecule has 3 rings (SSSR count). The zero-order valence-electron chi connectivity index (χ0n) is 12.3. The van der Waals surface area contributed by atoms with Crippen LogP contribution < -0.4 is 0 Å². The first-order valence-corrected chi connectivity index (χ1v) is 8.07. The quantitative estimate of drug-likeness (QED) is 0.921. The maximum Gasteiger partial charge on any atom is 0.266 e. The fraction of sp³-hybridized carbons (Fsp3) is 0.375. The van der Waals surface area contributed by atoms with Gasteiger partial charge in [0.05, 0.1) is 12.3 Å². The number of aryl methyl sites for hydroxylation is 1. The lowest BCUT2D eigenvalue weighted by Gasteiger charge is -2.20. The second kappa shape index (κ2) is 6.14. The number of aliphatic hydroxyl groups is 1. The Balaban J connectivity index is 1.88. The molecule has 1 fully saturated rings. The molecule has 1 heterocycles. The topological polar surface area (TPSA) is 53.4 Å². The summed E-state index contributed by atoms with van der Waals surface area (Å²) < 4.78 is 13.0. The molecule has 0 atom stereocenters.